The molecule has 3 heterocycles. The Labute approximate surface area is 213 Å². The number of carbonyl (C=O) groups excluding carboxylic acids is 2. The van der Waals surface area contributed by atoms with Crippen LogP contribution in [0, 0.1) is 0 Å². The normalized spacial score (nSPS) is 14.8. The number of amides is 2. The van der Waals surface area contributed by atoms with E-state index >= 15 is 0 Å². The maximum absolute atomic E-state index is 13.2. The van der Waals surface area contributed by atoms with Crippen LogP contribution in [0.25, 0.3) is 22.0 Å². The summed E-state index contributed by atoms with van der Waals surface area (Å²) in [6.07, 6.45) is 2.37. The number of aromatic nitrogens is 2. The van der Waals surface area contributed by atoms with Gasteiger partial charge in [-0.2, -0.15) is 0 Å². The molecular weight excluding hydrogens is 472 g/mol. The molecule has 1 aliphatic rings. The second-order valence-electron chi connectivity index (χ2n) is 8.46. The second-order valence-corrected chi connectivity index (χ2v) is 9.32. The summed E-state index contributed by atoms with van der Waals surface area (Å²) in [7, 11) is 0. The second kappa shape index (κ2) is 10.7. The molecule has 4 aromatic rings. The van der Waals surface area contributed by atoms with Gasteiger partial charge in [0.1, 0.15) is 17.3 Å². The van der Waals surface area contributed by atoms with E-state index in [1.165, 1.54) is 16.2 Å². The third kappa shape index (κ3) is 5.13. The van der Waals surface area contributed by atoms with Gasteiger partial charge in [-0.15, -0.1) is 11.3 Å². The van der Waals surface area contributed by atoms with Crippen molar-refractivity contribution in [2.24, 2.45) is 0 Å². The largest absolute Gasteiger partial charge is 0.478 e. The third-order valence-corrected chi connectivity index (χ3v) is 6.86. The van der Waals surface area contributed by atoms with Crippen molar-refractivity contribution in [3.05, 3.63) is 83.9 Å². The van der Waals surface area contributed by atoms with Crippen molar-refractivity contribution in [1.82, 2.24) is 15.3 Å². The molecule has 0 radical (unpaired) electrons. The highest BCUT2D eigenvalue weighted by molar-refractivity contribution is 7.13. The number of rotatable bonds is 8. The lowest BCUT2D eigenvalue weighted by atomic mass is 10.1. The first-order chi connectivity index (χ1) is 17.6. The van der Waals surface area contributed by atoms with Crippen molar-refractivity contribution >= 4 is 28.8 Å². The Morgan fingerprint density at radius 1 is 1.08 bits per heavy atom. The fourth-order valence-corrected chi connectivity index (χ4v) is 4.91. The molecule has 2 aromatic heterocycles. The average Bonchev–Trinajstić information content (AvgIpc) is 3.41. The van der Waals surface area contributed by atoms with Crippen LogP contribution >= 0.6 is 11.3 Å². The summed E-state index contributed by atoms with van der Waals surface area (Å²) in [6, 6.07) is 21.3. The molecule has 2 aromatic carbocycles. The van der Waals surface area contributed by atoms with Gasteiger partial charge < -0.3 is 10.1 Å². The monoisotopic (exact) mass is 498 g/mol. The Balaban J connectivity index is 1.35. The van der Waals surface area contributed by atoms with E-state index in [0.29, 0.717) is 24.4 Å². The minimum Gasteiger partial charge on any atom is -0.478 e. The van der Waals surface area contributed by atoms with Crippen LogP contribution in [0.2, 0.25) is 0 Å². The van der Waals surface area contributed by atoms with Crippen molar-refractivity contribution in [1.29, 1.82) is 0 Å². The fourth-order valence-electron chi connectivity index (χ4n) is 4.11. The van der Waals surface area contributed by atoms with Crippen LogP contribution < -0.4 is 15.0 Å². The number of hydrogen-bond acceptors (Lipinski definition) is 6. The number of benzene rings is 2. The molecular formula is C28H26N4O3S. The summed E-state index contributed by atoms with van der Waals surface area (Å²) in [5.74, 6) is 0.161. The first kappa shape index (κ1) is 23.7. The van der Waals surface area contributed by atoms with Crippen molar-refractivity contribution < 1.29 is 14.3 Å². The zero-order valence-electron chi connectivity index (χ0n) is 19.9. The maximum Gasteiger partial charge on any atom is 0.268 e. The molecule has 1 aliphatic heterocycles. The number of ether oxygens (including phenoxy) is 1. The molecule has 0 saturated heterocycles. The van der Waals surface area contributed by atoms with Crippen LogP contribution in [0.15, 0.2) is 78.3 Å². The van der Waals surface area contributed by atoms with E-state index in [4.69, 9.17) is 9.72 Å². The summed E-state index contributed by atoms with van der Waals surface area (Å²) in [6.45, 7) is 2.33. The first-order valence-corrected chi connectivity index (χ1v) is 12.8. The van der Waals surface area contributed by atoms with Gasteiger partial charge in [-0.1, -0.05) is 43.3 Å². The number of nitrogens with zero attached hydrogens (tertiary/aromatic N) is 3. The van der Waals surface area contributed by atoms with E-state index in [-0.39, 0.29) is 18.4 Å². The van der Waals surface area contributed by atoms with Crippen LogP contribution in [0.4, 0.5) is 5.69 Å². The zero-order valence-corrected chi connectivity index (χ0v) is 20.7. The number of fused-ring (bicyclic) bond motifs is 1. The number of nitrogens with one attached hydrogen (secondary N) is 1. The van der Waals surface area contributed by atoms with Gasteiger partial charge in [0.05, 0.1) is 17.1 Å². The van der Waals surface area contributed by atoms with Gasteiger partial charge in [-0.25, -0.2) is 4.98 Å². The number of thiazole rings is 1. The fraction of sp³-hybridized carbons (Fsp3) is 0.214. The maximum atomic E-state index is 13.2. The zero-order chi connectivity index (χ0) is 24.9. The van der Waals surface area contributed by atoms with Crippen molar-refractivity contribution in [2.75, 3.05) is 18.0 Å². The molecule has 182 valence electrons. The molecule has 7 nitrogen and oxygen atoms in total. The minimum absolute atomic E-state index is 0.0693. The highest BCUT2D eigenvalue weighted by Crippen LogP contribution is 2.38. The molecule has 1 N–H and O–H groups in total. The van der Waals surface area contributed by atoms with Gasteiger partial charge in [0.25, 0.3) is 5.91 Å². The predicted molar refractivity (Wildman–Crippen MR) is 141 cm³/mol. The van der Waals surface area contributed by atoms with Crippen LogP contribution in [0.3, 0.4) is 0 Å². The van der Waals surface area contributed by atoms with Gasteiger partial charge in [0.2, 0.25) is 5.91 Å². The van der Waals surface area contributed by atoms with Gasteiger partial charge in [0, 0.05) is 23.7 Å². The van der Waals surface area contributed by atoms with E-state index in [2.05, 4.69) is 10.3 Å². The Kier molecular flexibility index (Phi) is 7.04. The van der Waals surface area contributed by atoms with E-state index in [1.54, 1.807) is 6.20 Å². The number of anilines is 1. The van der Waals surface area contributed by atoms with Crippen LogP contribution in [0.1, 0.15) is 18.9 Å². The molecule has 8 heteroatoms. The Morgan fingerprint density at radius 3 is 2.69 bits per heavy atom. The number of hydrogen-bond donors (Lipinski definition) is 1. The Hall–Kier alpha value is -4.04. The van der Waals surface area contributed by atoms with Crippen molar-refractivity contribution in [3.8, 4) is 27.7 Å². The Bertz CT molecular complexity index is 1360. The first-order valence-electron chi connectivity index (χ1n) is 11.9. The molecule has 0 bridgehead atoms. The summed E-state index contributed by atoms with van der Waals surface area (Å²) in [5.41, 5.74) is 4.15. The molecule has 0 spiro atoms. The summed E-state index contributed by atoms with van der Waals surface area (Å²) in [5, 5.41) is 5.72. The smallest absolute Gasteiger partial charge is 0.268 e. The van der Waals surface area contributed by atoms with E-state index in [9.17, 15) is 9.59 Å². The Morgan fingerprint density at radius 2 is 1.92 bits per heavy atom. The van der Waals surface area contributed by atoms with Crippen LogP contribution in [-0.2, 0) is 16.0 Å². The SMILES string of the molecule is CCC1Oc2ccc(-c3csc(-c4ccccn4)n3)cc2N(CC(=O)NCCc2ccccc2)C1=O. The topological polar surface area (TPSA) is 84.4 Å². The molecule has 2 amide bonds. The summed E-state index contributed by atoms with van der Waals surface area (Å²) < 4.78 is 5.96. The van der Waals surface area contributed by atoms with E-state index in [1.807, 2.05) is 79.0 Å². The van der Waals surface area contributed by atoms with E-state index in [0.717, 1.165) is 33.9 Å². The molecule has 1 unspecified atom stereocenters. The highest BCUT2D eigenvalue weighted by atomic mass is 32.1. The summed E-state index contributed by atoms with van der Waals surface area (Å²) >= 11 is 1.51. The molecule has 0 aliphatic carbocycles. The standard InChI is InChI=1S/C28H26N4O3S/c1-2-24-28(34)32(17-26(33)30-15-13-19-8-4-3-5-9-19)23-16-20(11-12-25(23)35-24)22-18-36-27(31-22)21-10-6-7-14-29-21/h3-12,14,16,18,24H,2,13,15,17H2,1H3,(H,30,33). The molecule has 36 heavy (non-hydrogen) atoms. The molecule has 0 saturated carbocycles. The summed E-state index contributed by atoms with van der Waals surface area (Å²) in [4.78, 5) is 36.6. The van der Waals surface area contributed by atoms with E-state index < -0.39 is 6.10 Å². The van der Waals surface area contributed by atoms with Gasteiger partial charge in [-0.3, -0.25) is 19.5 Å². The minimum atomic E-state index is -0.615. The average molecular weight is 499 g/mol. The van der Waals surface area contributed by atoms with Gasteiger partial charge in [-0.05, 0) is 48.7 Å². The predicted octanol–water partition coefficient (Wildman–Crippen LogP) is 4.74. The van der Waals surface area contributed by atoms with Gasteiger partial charge >= 0.3 is 0 Å². The highest BCUT2D eigenvalue weighted by Gasteiger charge is 2.34. The molecule has 5 rings (SSSR count). The van der Waals surface area contributed by atoms with Crippen molar-refractivity contribution in [2.45, 2.75) is 25.9 Å². The lowest BCUT2D eigenvalue weighted by molar-refractivity contribution is -0.129. The third-order valence-electron chi connectivity index (χ3n) is 6.00. The number of carbonyl (C=O) groups is 2. The number of pyridine rings is 1. The lowest BCUT2D eigenvalue weighted by Crippen LogP contribution is -2.49. The molecule has 1 atom stereocenters. The van der Waals surface area contributed by atoms with Crippen molar-refractivity contribution in [3.63, 3.8) is 0 Å². The van der Waals surface area contributed by atoms with Gasteiger partial charge in [0.15, 0.2) is 6.10 Å². The lowest BCUT2D eigenvalue weighted by Gasteiger charge is -2.34. The van der Waals surface area contributed by atoms with Crippen LogP contribution in [0.5, 0.6) is 5.75 Å². The molecule has 0 fully saturated rings. The van der Waals surface area contributed by atoms with Crippen LogP contribution in [-0.4, -0.2) is 41.0 Å². The quantitative estimate of drug-likeness (QED) is 0.380.